The Morgan fingerprint density at radius 1 is 1.56 bits per heavy atom. The molecule has 0 aromatic carbocycles. The van der Waals surface area contributed by atoms with Crippen LogP contribution in [0.4, 0.5) is 0 Å². The summed E-state index contributed by atoms with van der Waals surface area (Å²) in [6.07, 6.45) is 0. The van der Waals surface area contributed by atoms with Crippen molar-refractivity contribution in [2.75, 3.05) is 27.2 Å². The van der Waals surface area contributed by atoms with Crippen molar-refractivity contribution in [3.63, 3.8) is 0 Å². The molecule has 0 aliphatic carbocycles. The third-order valence-corrected chi connectivity index (χ3v) is 3.58. The number of hydrogen-bond donors (Lipinski definition) is 1. The summed E-state index contributed by atoms with van der Waals surface area (Å²) in [6.45, 7) is 5.95. The van der Waals surface area contributed by atoms with Gasteiger partial charge >= 0.3 is 0 Å². The summed E-state index contributed by atoms with van der Waals surface area (Å²) < 4.78 is 0. The summed E-state index contributed by atoms with van der Waals surface area (Å²) in [7, 11) is 4.01. The second kappa shape index (κ2) is 6.82. The van der Waals surface area contributed by atoms with Gasteiger partial charge in [-0.25, -0.2) is 4.98 Å². The van der Waals surface area contributed by atoms with Crippen molar-refractivity contribution in [1.82, 2.24) is 14.8 Å². The van der Waals surface area contributed by atoms with Crippen LogP contribution >= 0.6 is 11.3 Å². The van der Waals surface area contributed by atoms with Gasteiger partial charge in [-0.1, -0.05) is 0 Å². The van der Waals surface area contributed by atoms with Gasteiger partial charge in [0.05, 0.1) is 0 Å². The van der Waals surface area contributed by atoms with E-state index in [-0.39, 0.29) is 11.9 Å². The molecule has 1 unspecified atom stereocenters. The molecule has 0 aliphatic heterocycles. The molecule has 18 heavy (non-hydrogen) atoms. The highest BCUT2D eigenvalue weighted by Gasteiger charge is 2.22. The van der Waals surface area contributed by atoms with E-state index in [4.69, 9.17) is 5.73 Å². The molecule has 0 aliphatic rings. The van der Waals surface area contributed by atoms with E-state index in [1.807, 2.05) is 25.9 Å². The van der Waals surface area contributed by atoms with E-state index in [1.54, 1.807) is 5.38 Å². The Morgan fingerprint density at radius 2 is 2.22 bits per heavy atom. The number of aromatic nitrogens is 1. The van der Waals surface area contributed by atoms with Crippen LogP contribution in [0.25, 0.3) is 0 Å². The van der Waals surface area contributed by atoms with Crippen LogP contribution in [0.15, 0.2) is 5.38 Å². The van der Waals surface area contributed by atoms with Crippen molar-refractivity contribution in [1.29, 1.82) is 0 Å². The van der Waals surface area contributed by atoms with E-state index in [0.29, 0.717) is 18.8 Å². The molecule has 0 spiro atoms. The molecule has 0 saturated carbocycles. The minimum atomic E-state index is -0.0113. The SMILES string of the molecule is CCN(C(=O)c1csc(CN)n1)C(C)CN(C)C. The fraction of sp³-hybridized carbons (Fsp3) is 0.667. The van der Waals surface area contributed by atoms with Gasteiger partial charge in [0.25, 0.3) is 5.91 Å². The van der Waals surface area contributed by atoms with Gasteiger partial charge in [0.1, 0.15) is 10.7 Å². The fourth-order valence-electron chi connectivity index (χ4n) is 1.93. The first-order valence-electron chi connectivity index (χ1n) is 6.09. The van der Waals surface area contributed by atoms with Gasteiger partial charge in [-0.15, -0.1) is 11.3 Å². The third-order valence-electron chi connectivity index (χ3n) is 2.71. The molecule has 1 aromatic rings. The fourth-order valence-corrected chi connectivity index (χ4v) is 2.58. The zero-order valence-corrected chi connectivity index (χ0v) is 12.3. The van der Waals surface area contributed by atoms with Crippen molar-refractivity contribution in [3.8, 4) is 0 Å². The summed E-state index contributed by atoms with van der Waals surface area (Å²) >= 11 is 1.44. The number of nitrogens with zero attached hydrogens (tertiary/aromatic N) is 3. The smallest absolute Gasteiger partial charge is 0.273 e. The first-order valence-corrected chi connectivity index (χ1v) is 6.97. The van der Waals surface area contributed by atoms with Gasteiger partial charge < -0.3 is 15.5 Å². The molecule has 2 N–H and O–H groups in total. The number of carbonyl (C=O) groups is 1. The molecule has 102 valence electrons. The second-order valence-corrected chi connectivity index (χ2v) is 5.48. The van der Waals surface area contributed by atoms with Crippen LogP contribution in [0, 0.1) is 0 Å². The Morgan fingerprint density at radius 3 is 2.67 bits per heavy atom. The standard InChI is InChI=1S/C12H22N4OS/c1-5-16(9(2)7-15(3)4)12(17)10-8-18-11(6-13)14-10/h8-9H,5-7,13H2,1-4H3. The predicted molar refractivity (Wildman–Crippen MR) is 74.7 cm³/mol. The molecule has 1 atom stereocenters. The molecule has 1 aromatic heterocycles. The van der Waals surface area contributed by atoms with Crippen LogP contribution in [0.2, 0.25) is 0 Å². The largest absolute Gasteiger partial charge is 0.334 e. The lowest BCUT2D eigenvalue weighted by Crippen LogP contribution is -2.43. The van der Waals surface area contributed by atoms with Crippen molar-refractivity contribution >= 4 is 17.2 Å². The highest BCUT2D eigenvalue weighted by atomic mass is 32.1. The summed E-state index contributed by atoms with van der Waals surface area (Å²) in [6, 6.07) is 0.167. The zero-order chi connectivity index (χ0) is 13.7. The number of nitrogens with two attached hydrogens (primary N) is 1. The molecule has 0 saturated heterocycles. The van der Waals surface area contributed by atoms with E-state index >= 15 is 0 Å². The quantitative estimate of drug-likeness (QED) is 0.838. The summed E-state index contributed by atoms with van der Waals surface area (Å²) in [5.41, 5.74) is 6.02. The Labute approximate surface area is 113 Å². The molecule has 6 heteroatoms. The Bertz CT molecular complexity index is 391. The molecule has 5 nitrogen and oxygen atoms in total. The Hall–Kier alpha value is -0.980. The molecule has 1 heterocycles. The maximum absolute atomic E-state index is 12.3. The van der Waals surface area contributed by atoms with Gasteiger partial charge in [-0.3, -0.25) is 4.79 Å². The lowest BCUT2D eigenvalue weighted by molar-refractivity contribution is 0.0673. The van der Waals surface area contributed by atoms with Crippen LogP contribution in [0.3, 0.4) is 0 Å². The molecule has 1 amide bonds. The molecule has 1 rings (SSSR count). The topological polar surface area (TPSA) is 62.5 Å². The maximum atomic E-state index is 12.3. The van der Waals surface area contributed by atoms with E-state index in [2.05, 4.69) is 16.8 Å². The number of amides is 1. The maximum Gasteiger partial charge on any atom is 0.273 e. The van der Waals surface area contributed by atoms with Gasteiger partial charge in [-0.2, -0.15) is 0 Å². The van der Waals surface area contributed by atoms with Crippen LogP contribution in [0.1, 0.15) is 29.3 Å². The van der Waals surface area contributed by atoms with Crippen molar-refractivity contribution < 1.29 is 4.79 Å². The average molecular weight is 270 g/mol. The van der Waals surface area contributed by atoms with E-state index in [1.165, 1.54) is 11.3 Å². The molecular weight excluding hydrogens is 248 g/mol. The van der Waals surface area contributed by atoms with E-state index < -0.39 is 0 Å². The average Bonchev–Trinajstić information content (AvgIpc) is 2.77. The van der Waals surface area contributed by atoms with Gasteiger partial charge in [0.2, 0.25) is 0 Å². The minimum absolute atomic E-state index is 0.0113. The van der Waals surface area contributed by atoms with Crippen molar-refractivity contribution in [3.05, 3.63) is 16.1 Å². The van der Waals surface area contributed by atoms with Gasteiger partial charge in [0.15, 0.2) is 0 Å². The normalized spacial score (nSPS) is 12.8. The van der Waals surface area contributed by atoms with Crippen molar-refractivity contribution in [2.45, 2.75) is 26.4 Å². The lowest BCUT2D eigenvalue weighted by Gasteiger charge is -2.29. The summed E-state index contributed by atoms with van der Waals surface area (Å²) in [5.74, 6) is -0.0113. The van der Waals surface area contributed by atoms with Crippen LogP contribution in [0.5, 0.6) is 0 Å². The molecule has 0 radical (unpaired) electrons. The first-order chi connectivity index (χ1) is 8.49. The molecular formula is C12H22N4OS. The summed E-state index contributed by atoms with van der Waals surface area (Å²) in [4.78, 5) is 20.5. The van der Waals surface area contributed by atoms with E-state index in [0.717, 1.165) is 11.6 Å². The Kier molecular flexibility index (Phi) is 5.71. The third kappa shape index (κ3) is 3.76. The molecule has 0 bridgehead atoms. The first kappa shape index (κ1) is 15.1. The van der Waals surface area contributed by atoms with Crippen molar-refractivity contribution in [2.24, 2.45) is 5.73 Å². The Balaban J connectivity index is 2.78. The number of likely N-dealkylation sites (N-methyl/N-ethyl adjacent to an activating group) is 2. The number of thiazole rings is 1. The second-order valence-electron chi connectivity index (χ2n) is 4.53. The number of hydrogen-bond acceptors (Lipinski definition) is 5. The lowest BCUT2D eigenvalue weighted by atomic mass is 10.2. The van der Waals surface area contributed by atoms with E-state index in [9.17, 15) is 4.79 Å². The monoisotopic (exact) mass is 270 g/mol. The molecule has 0 fully saturated rings. The highest BCUT2D eigenvalue weighted by molar-refractivity contribution is 7.09. The van der Waals surface area contributed by atoms with Crippen LogP contribution in [-0.2, 0) is 6.54 Å². The minimum Gasteiger partial charge on any atom is -0.334 e. The van der Waals surface area contributed by atoms with Gasteiger partial charge in [-0.05, 0) is 27.9 Å². The van der Waals surface area contributed by atoms with Crippen LogP contribution < -0.4 is 5.73 Å². The number of carbonyl (C=O) groups excluding carboxylic acids is 1. The number of rotatable bonds is 6. The predicted octanol–water partition coefficient (Wildman–Crippen LogP) is 1.01. The highest BCUT2D eigenvalue weighted by Crippen LogP contribution is 2.13. The zero-order valence-electron chi connectivity index (χ0n) is 11.5. The van der Waals surface area contributed by atoms with Gasteiger partial charge in [0, 0.05) is 31.1 Å². The van der Waals surface area contributed by atoms with Crippen LogP contribution in [-0.4, -0.2) is 53.9 Å². The summed E-state index contributed by atoms with van der Waals surface area (Å²) in [5, 5.41) is 2.59.